The zero-order valence-electron chi connectivity index (χ0n) is 11.1. The van der Waals surface area contributed by atoms with Crippen LogP contribution in [0, 0.1) is 6.92 Å². The highest BCUT2D eigenvalue weighted by atomic mass is 16.5. The normalized spacial score (nSPS) is 14.6. The predicted octanol–water partition coefficient (Wildman–Crippen LogP) is 2.31. The Labute approximate surface area is 112 Å². The van der Waals surface area contributed by atoms with Crippen LogP contribution in [0.1, 0.15) is 24.2 Å². The van der Waals surface area contributed by atoms with Crippen molar-refractivity contribution in [2.45, 2.75) is 32.4 Å². The Bertz CT molecular complexity index is 576. The second kappa shape index (κ2) is 5.01. The van der Waals surface area contributed by atoms with Crippen LogP contribution < -0.4 is 10.1 Å². The lowest BCUT2D eigenvalue weighted by Crippen LogP contribution is -2.16. The standard InChI is InChI=1S/C14H17N3O2/c1-9-3-6-12(18-2)11(7-9)14-16-13(17-19-14)8-15-10-4-5-10/h3,6-7,10,15H,4-5,8H2,1-2H3. The summed E-state index contributed by atoms with van der Waals surface area (Å²) in [5.74, 6) is 1.94. The number of nitrogens with one attached hydrogen (secondary N) is 1. The van der Waals surface area contributed by atoms with E-state index in [9.17, 15) is 0 Å². The number of aromatic nitrogens is 2. The van der Waals surface area contributed by atoms with Crippen LogP contribution >= 0.6 is 0 Å². The third-order valence-corrected chi connectivity index (χ3v) is 3.18. The summed E-state index contributed by atoms with van der Waals surface area (Å²) in [5.41, 5.74) is 1.97. The van der Waals surface area contributed by atoms with Gasteiger partial charge in [0.05, 0.1) is 19.2 Å². The van der Waals surface area contributed by atoms with Gasteiger partial charge in [-0.25, -0.2) is 0 Å². The number of hydrogen-bond donors (Lipinski definition) is 1. The fourth-order valence-corrected chi connectivity index (χ4v) is 1.95. The van der Waals surface area contributed by atoms with Gasteiger partial charge in [0.2, 0.25) is 0 Å². The minimum atomic E-state index is 0.508. The summed E-state index contributed by atoms with van der Waals surface area (Å²) < 4.78 is 10.6. The van der Waals surface area contributed by atoms with Gasteiger partial charge in [0, 0.05) is 6.04 Å². The van der Waals surface area contributed by atoms with Gasteiger partial charge in [-0.15, -0.1) is 0 Å². The van der Waals surface area contributed by atoms with Crippen molar-refractivity contribution in [2.75, 3.05) is 7.11 Å². The highest BCUT2D eigenvalue weighted by molar-refractivity contribution is 5.63. The second-order valence-corrected chi connectivity index (χ2v) is 4.87. The van der Waals surface area contributed by atoms with Gasteiger partial charge >= 0.3 is 0 Å². The van der Waals surface area contributed by atoms with E-state index in [1.807, 2.05) is 25.1 Å². The van der Waals surface area contributed by atoms with Gasteiger partial charge in [-0.2, -0.15) is 4.98 Å². The van der Waals surface area contributed by atoms with Gasteiger partial charge in [-0.3, -0.25) is 0 Å². The van der Waals surface area contributed by atoms with Gasteiger partial charge < -0.3 is 14.6 Å². The summed E-state index contributed by atoms with van der Waals surface area (Å²) in [6.07, 6.45) is 2.49. The van der Waals surface area contributed by atoms with Gasteiger partial charge in [0.25, 0.3) is 5.89 Å². The van der Waals surface area contributed by atoms with E-state index in [4.69, 9.17) is 9.26 Å². The maximum Gasteiger partial charge on any atom is 0.261 e. The molecule has 5 heteroatoms. The number of benzene rings is 1. The molecular formula is C14H17N3O2. The summed E-state index contributed by atoms with van der Waals surface area (Å²) in [6.45, 7) is 2.68. The predicted molar refractivity (Wildman–Crippen MR) is 70.9 cm³/mol. The molecule has 19 heavy (non-hydrogen) atoms. The smallest absolute Gasteiger partial charge is 0.261 e. The average Bonchev–Trinajstić information content (AvgIpc) is 3.13. The average molecular weight is 259 g/mol. The molecule has 0 radical (unpaired) electrons. The highest BCUT2D eigenvalue weighted by Gasteiger charge is 2.21. The molecule has 1 heterocycles. The van der Waals surface area contributed by atoms with Crippen LogP contribution in [0.5, 0.6) is 5.75 Å². The van der Waals surface area contributed by atoms with Gasteiger partial charge in [0.1, 0.15) is 5.75 Å². The molecule has 1 aromatic carbocycles. The molecule has 0 bridgehead atoms. The van der Waals surface area contributed by atoms with Crippen LogP contribution in [0.3, 0.4) is 0 Å². The number of rotatable bonds is 5. The van der Waals surface area contributed by atoms with Gasteiger partial charge in [0.15, 0.2) is 5.82 Å². The molecule has 1 saturated carbocycles. The van der Waals surface area contributed by atoms with E-state index in [2.05, 4.69) is 15.5 Å². The largest absolute Gasteiger partial charge is 0.496 e. The Morgan fingerprint density at radius 2 is 2.26 bits per heavy atom. The quantitative estimate of drug-likeness (QED) is 0.892. The Kier molecular flexibility index (Phi) is 3.21. The third-order valence-electron chi connectivity index (χ3n) is 3.18. The molecule has 1 fully saturated rings. The molecule has 1 aromatic heterocycles. The number of aryl methyl sites for hydroxylation is 1. The van der Waals surface area contributed by atoms with E-state index in [0.717, 1.165) is 16.9 Å². The van der Waals surface area contributed by atoms with Crippen LogP contribution in [0.4, 0.5) is 0 Å². The molecule has 0 unspecified atom stereocenters. The summed E-state index contributed by atoms with van der Waals surface area (Å²) in [4.78, 5) is 4.41. The molecule has 0 saturated heterocycles. The monoisotopic (exact) mass is 259 g/mol. The molecule has 0 aliphatic heterocycles. The minimum Gasteiger partial charge on any atom is -0.496 e. The fourth-order valence-electron chi connectivity index (χ4n) is 1.95. The molecule has 0 spiro atoms. The van der Waals surface area contributed by atoms with Crippen molar-refractivity contribution in [1.29, 1.82) is 0 Å². The molecule has 5 nitrogen and oxygen atoms in total. The Morgan fingerprint density at radius 3 is 3.00 bits per heavy atom. The number of methoxy groups -OCH3 is 1. The summed E-state index contributed by atoms with van der Waals surface area (Å²) in [6, 6.07) is 6.53. The minimum absolute atomic E-state index is 0.508. The molecule has 1 aliphatic rings. The lowest BCUT2D eigenvalue weighted by atomic mass is 10.1. The van der Waals surface area contributed by atoms with E-state index in [0.29, 0.717) is 24.3 Å². The molecule has 0 amide bonds. The van der Waals surface area contributed by atoms with E-state index in [1.165, 1.54) is 12.8 Å². The molecule has 3 rings (SSSR count). The summed E-state index contributed by atoms with van der Waals surface area (Å²) in [7, 11) is 1.64. The zero-order chi connectivity index (χ0) is 13.2. The SMILES string of the molecule is COc1ccc(C)cc1-c1nc(CNC2CC2)no1. The van der Waals surface area contributed by atoms with Crippen molar-refractivity contribution in [3.63, 3.8) is 0 Å². The number of hydrogen-bond acceptors (Lipinski definition) is 5. The first-order chi connectivity index (χ1) is 9.26. The summed E-state index contributed by atoms with van der Waals surface area (Å²) >= 11 is 0. The first kappa shape index (κ1) is 12.2. The van der Waals surface area contributed by atoms with Crippen LogP contribution in [0.2, 0.25) is 0 Å². The van der Waals surface area contributed by atoms with Crippen molar-refractivity contribution in [3.8, 4) is 17.2 Å². The Balaban J connectivity index is 1.82. The first-order valence-corrected chi connectivity index (χ1v) is 6.47. The van der Waals surface area contributed by atoms with Crippen LogP contribution in [0.25, 0.3) is 11.5 Å². The van der Waals surface area contributed by atoms with Crippen molar-refractivity contribution in [1.82, 2.24) is 15.5 Å². The maximum absolute atomic E-state index is 5.33. The number of ether oxygens (including phenoxy) is 1. The van der Waals surface area contributed by atoms with Crippen LogP contribution in [0.15, 0.2) is 22.7 Å². The summed E-state index contributed by atoms with van der Waals surface area (Å²) in [5, 5.41) is 7.35. The highest BCUT2D eigenvalue weighted by Crippen LogP contribution is 2.29. The first-order valence-electron chi connectivity index (χ1n) is 6.47. The van der Waals surface area contributed by atoms with E-state index in [-0.39, 0.29) is 0 Å². The van der Waals surface area contributed by atoms with E-state index >= 15 is 0 Å². The van der Waals surface area contributed by atoms with Gasteiger partial charge in [-0.05, 0) is 31.9 Å². The van der Waals surface area contributed by atoms with Crippen molar-refractivity contribution < 1.29 is 9.26 Å². The molecule has 2 aromatic rings. The topological polar surface area (TPSA) is 60.2 Å². The van der Waals surface area contributed by atoms with Gasteiger partial charge in [-0.1, -0.05) is 16.8 Å². The second-order valence-electron chi connectivity index (χ2n) is 4.87. The van der Waals surface area contributed by atoms with Crippen molar-refractivity contribution in [3.05, 3.63) is 29.6 Å². The Hall–Kier alpha value is -1.88. The maximum atomic E-state index is 5.33. The van der Waals surface area contributed by atoms with Crippen molar-refractivity contribution >= 4 is 0 Å². The fraction of sp³-hybridized carbons (Fsp3) is 0.429. The Morgan fingerprint density at radius 1 is 1.42 bits per heavy atom. The molecular weight excluding hydrogens is 242 g/mol. The van der Waals surface area contributed by atoms with E-state index < -0.39 is 0 Å². The molecule has 100 valence electrons. The molecule has 1 N–H and O–H groups in total. The van der Waals surface area contributed by atoms with Crippen molar-refractivity contribution in [2.24, 2.45) is 0 Å². The van der Waals surface area contributed by atoms with Crippen LogP contribution in [-0.4, -0.2) is 23.3 Å². The number of nitrogens with zero attached hydrogens (tertiary/aromatic N) is 2. The van der Waals surface area contributed by atoms with E-state index in [1.54, 1.807) is 7.11 Å². The van der Waals surface area contributed by atoms with Crippen LogP contribution in [-0.2, 0) is 6.54 Å². The lowest BCUT2D eigenvalue weighted by molar-refractivity contribution is 0.401. The zero-order valence-corrected chi connectivity index (χ0v) is 11.1. The molecule has 1 aliphatic carbocycles. The lowest BCUT2D eigenvalue weighted by Gasteiger charge is -2.05. The molecule has 0 atom stereocenters. The third kappa shape index (κ3) is 2.76.